The molecule has 0 heterocycles. The molecule has 0 radical (unpaired) electrons. The van der Waals surface area contributed by atoms with Gasteiger partial charge in [0.2, 0.25) is 0 Å². The molecule has 1 aromatic carbocycles. The van der Waals surface area contributed by atoms with Gasteiger partial charge in [-0.3, -0.25) is 0 Å². The summed E-state index contributed by atoms with van der Waals surface area (Å²) in [6.07, 6.45) is 1.86. The fourth-order valence-electron chi connectivity index (χ4n) is 2.13. The monoisotopic (exact) mass is 250 g/mol. The van der Waals surface area contributed by atoms with Crippen LogP contribution in [0.5, 0.6) is 0 Å². The molecule has 98 valence electrons. The third kappa shape index (κ3) is 3.21. The number of nitrogens with zero attached hydrogens (tertiary/aromatic N) is 2. The number of anilines is 1. The highest BCUT2D eigenvalue weighted by atomic mass is 19.1. The van der Waals surface area contributed by atoms with Crippen LogP contribution in [0.25, 0.3) is 0 Å². The standard InChI is InChI=1S/C14H19FN2O/c1-3-12(4-2)17(7-8-18)13-6-5-11(10-16)14(15)9-13/h5-6,9,12,18H,3-4,7-8H2,1-2H3. The van der Waals surface area contributed by atoms with Crippen molar-refractivity contribution in [2.45, 2.75) is 32.7 Å². The Morgan fingerprint density at radius 2 is 2.06 bits per heavy atom. The number of halogens is 1. The summed E-state index contributed by atoms with van der Waals surface area (Å²) in [5.74, 6) is -0.510. The van der Waals surface area contributed by atoms with E-state index in [1.807, 2.05) is 11.0 Å². The van der Waals surface area contributed by atoms with Crippen molar-refractivity contribution < 1.29 is 9.50 Å². The van der Waals surface area contributed by atoms with Crippen LogP contribution < -0.4 is 4.90 Å². The SMILES string of the molecule is CCC(CC)N(CCO)c1ccc(C#N)c(F)c1. The Hall–Kier alpha value is -1.60. The summed E-state index contributed by atoms with van der Waals surface area (Å²) < 4.78 is 13.6. The maximum absolute atomic E-state index is 13.6. The number of benzene rings is 1. The van der Waals surface area contributed by atoms with Gasteiger partial charge in [-0.2, -0.15) is 5.26 Å². The molecule has 0 fully saturated rings. The zero-order valence-electron chi connectivity index (χ0n) is 10.9. The number of hydrogen-bond donors (Lipinski definition) is 1. The van der Waals surface area contributed by atoms with Crippen molar-refractivity contribution in [1.82, 2.24) is 0 Å². The molecular weight excluding hydrogens is 231 g/mol. The first-order chi connectivity index (χ1) is 8.67. The third-order valence-corrected chi connectivity index (χ3v) is 3.13. The second-order valence-corrected chi connectivity index (χ2v) is 4.16. The Balaban J connectivity index is 3.06. The quantitative estimate of drug-likeness (QED) is 0.844. The van der Waals surface area contributed by atoms with Gasteiger partial charge in [0.05, 0.1) is 12.2 Å². The first-order valence-corrected chi connectivity index (χ1v) is 6.25. The molecule has 18 heavy (non-hydrogen) atoms. The van der Waals surface area contributed by atoms with E-state index in [1.165, 1.54) is 12.1 Å². The Labute approximate surface area is 107 Å². The maximum Gasteiger partial charge on any atom is 0.143 e. The summed E-state index contributed by atoms with van der Waals surface area (Å²) >= 11 is 0. The minimum absolute atomic E-state index is 0.0259. The molecule has 0 amide bonds. The van der Waals surface area contributed by atoms with Crippen LogP contribution in [-0.4, -0.2) is 24.3 Å². The number of rotatable bonds is 6. The number of nitriles is 1. The molecule has 3 nitrogen and oxygen atoms in total. The summed E-state index contributed by atoms with van der Waals surface area (Å²) in [7, 11) is 0. The van der Waals surface area contributed by atoms with E-state index in [9.17, 15) is 4.39 Å². The first-order valence-electron chi connectivity index (χ1n) is 6.25. The fourth-order valence-corrected chi connectivity index (χ4v) is 2.13. The summed E-state index contributed by atoms with van der Waals surface area (Å²) in [5.41, 5.74) is 0.765. The van der Waals surface area contributed by atoms with Gasteiger partial charge >= 0.3 is 0 Å². The van der Waals surface area contributed by atoms with Crippen LogP contribution in [0.4, 0.5) is 10.1 Å². The average molecular weight is 250 g/mol. The van der Waals surface area contributed by atoms with E-state index in [2.05, 4.69) is 13.8 Å². The van der Waals surface area contributed by atoms with Crippen LogP contribution in [0.1, 0.15) is 32.3 Å². The number of aliphatic hydroxyl groups excluding tert-OH is 1. The minimum atomic E-state index is -0.510. The Morgan fingerprint density at radius 1 is 1.39 bits per heavy atom. The lowest BCUT2D eigenvalue weighted by atomic mass is 10.1. The second kappa shape index (κ2) is 6.97. The molecule has 1 aromatic rings. The molecule has 0 aliphatic carbocycles. The van der Waals surface area contributed by atoms with E-state index in [0.29, 0.717) is 12.2 Å². The first kappa shape index (κ1) is 14.5. The second-order valence-electron chi connectivity index (χ2n) is 4.16. The molecular formula is C14H19FN2O. The largest absolute Gasteiger partial charge is 0.395 e. The summed E-state index contributed by atoms with van der Waals surface area (Å²) in [6.45, 7) is 4.63. The van der Waals surface area contributed by atoms with Crippen LogP contribution in [0.15, 0.2) is 18.2 Å². The zero-order chi connectivity index (χ0) is 13.5. The van der Waals surface area contributed by atoms with Gasteiger partial charge < -0.3 is 10.0 Å². The van der Waals surface area contributed by atoms with Crippen LogP contribution in [0.2, 0.25) is 0 Å². The number of hydrogen-bond acceptors (Lipinski definition) is 3. The van der Waals surface area contributed by atoms with Crippen molar-refractivity contribution in [2.24, 2.45) is 0 Å². The molecule has 1 N–H and O–H groups in total. The van der Waals surface area contributed by atoms with Crippen LogP contribution in [-0.2, 0) is 0 Å². The molecule has 0 bridgehead atoms. The van der Waals surface area contributed by atoms with Crippen LogP contribution >= 0.6 is 0 Å². The van der Waals surface area contributed by atoms with Gasteiger partial charge in [0.1, 0.15) is 11.9 Å². The highest BCUT2D eigenvalue weighted by Gasteiger charge is 2.16. The van der Waals surface area contributed by atoms with Crippen molar-refractivity contribution in [3.63, 3.8) is 0 Å². The minimum Gasteiger partial charge on any atom is -0.395 e. The van der Waals surface area contributed by atoms with Crippen molar-refractivity contribution in [2.75, 3.05) is 18.1 Å². The molecule has 0 aliphatic rings. The van der Waals surface area contributed by atoms with Gasteiger partial charge in [0, 0.05) is 18.3 Å². The average Bonchev–Trinajstić information content (AvgIpc) is 2.39. The lowest BCUT2D eigenvalue weighted by Crippen LogP contribution is -2.36. The van der Waals surface area contributed by atoms with Crippen molar-refractivity contribution in [3.05, 3.63) is 29.6 Å². The van der Waals surface area contributed by atoms with Gasteiger partial charge in [0.25, 0.3) is 0 Å². The normalized spacial score (nSPS) is 10.4. The molecule has 4 heteroatoms. The molecule has 0 aromatic heterocycles. The summed E-state index contributed by atoms with van der Waals surface area (Å²) in [5, 5.41) is 17.8. The molecule has 0 saturated heterocycles. The van der Waals surface area contributed by atoms with Crippen LogP contribution in [0, 0.1) is 17.1 Å². The van der Waals surface area contributed by atoms with Crippen molar-refractivity contribution >= 4 is 5.69 Å². The zero-order valence-corrected chi connectivity index (χ0v) is 10.9. The predicted molar refractivity (Wildman–Crippen MR) is 69.9 cm³/mol. The Bertz CT molecular complexity index is 424. The van der Waals surface area contributed by atoms with E-state index in [4.69, 9.17) is 10.4 Å². The van der Waals surface area contributed by atoms with Gasteiger partial charge in [-0.15, -0.1) is 0 Å². The van der Waals surface area contributed by atoms with Crippen molar-refractivity contribution in [1.29, 1.82) is 5.26 Å². The highest BCUT2D eigenvalue weighted by Crippen LogP contribution is 2.22. The van der Waals surface area contributed by atoms with E-state index in [1.54, 1.807) is 6.07 Å². The van der Waals surface area contributed by atoms with Gasteiger partial charge in [-0.05, 0) is 31.0 Å². The highest BCUT2D eigenvalue weighted by molar-refractivity contribution is 5.51. The van der Waals surface area contributed by atoms with E-state index in [-0.39, 0.29) is 18.2 Å². The number of aliphatic hydroxyl groups is 1. The van der Waals surface area contributed by atoms with Gasteiger partial charge in [0.15, 0.2) is 0 Å². The van der Waals surface area contributed by atoms with Gasteiger partial charge in [-0.25, -0.2) is 4.39 Å². The Morgan fingerprint density at radius 3 is 2.50 bits per heavy atom. The topological polar surface area (TPSA) is 47.3 Å². The smallest absolute Gasteiger partial charge is 0.143 e. The van der Waals surface area contributed by atoms with Crippen LogP contribution in [0.3, 0.4) is 0 Å². The molecule has 0 aliphatic heterocycles. The predicted octanol–water partition coefficient (Wildman–Crippen LogP) is 2.68. The molecule has 0 spiro atoms. The molecule has 1 rings (SSSR count). The lowest BCUT2D eigenvalue weighted by Gasteiger charge is -2.32. The summed E-state index contributed by atoms with van der Waals surface area (Å²) in [4.78, 5) is 1.99. The summed E-state index contributed by atoms with van der Waals surface area (Å²) in [6, 6.07) is 6.66. The Kier molecular flexibility index (Phi) is 5.60. The van der Waals surface area contributed by atoms with E-state index >= 15 is 0 Å². The lowest BCUT2D eigenvalue weighted by molar-refractivity contribution is 0.296. The third-order valence-electron chi connectivity index (χ3n) is 3.13. The van der Waals surface area contributed by atoms with E-state index in [0.717, 1.165) is 12.8 Å². The fraction of sp³-hybridized carbons (Fsp3) is 0.500. The van der Waals surface area contributed by atoms with Crippen molar-refractivity contribution in [3.8, 4) is 6.07 Å². The molecule has 0 unspecified atom stereocenters. The maximum atomic E-state index is 13.6. The van der Waals surface area contributed by atoms with Gasteiger partial charge in [-0.1, -0.05) is 13.8 Å². The molecule has 0 saturated carbocycles. The molecule has 0 atom stereocenters. The van der Waals surface area contributed by atoms with E-state index < -0.39 is 5.82 Å².